The van der Waals surface area contributed by atoms with E-state index in [2.05, 4.69) is 6.07 Å². The first kappa shape index (κ1) is 26.7. The molecule has 0 spiro atoms. The molecule has 0 N–H and O–H groups in total. The van der Waals surface area contributed by atoms with Gasteiger partial charge in [-0.25, -0.2) is 0 Å². The Bertz CT molecular complexity index is 1480. The number of thioether (sulfide) groups is 1. The smallest absolute Gasteiger partial charge is 0.293 e. The first-order chi connectivity index (χ1) is 18.3. The van der Waals surface area contributed by atoms with E-state index in [1.165, 1.54) is 12.1 Å². The van der Waals surface area contributed by atoms with Crippen molar-refractivity contribution in [2.45, 2.75) is 20.1 Å². The number of imide groups is 1. The van der Waals surface area contributed by atoms with Crippen molar-refractivity contribution in [3.63, 3.8) is 0 Å². The number of carbonyl (C=O) groups is 2. The maximum Gasteiger partial charge on any atom is 0.293 e. The summed E-state index contributed by atoms with van der Waals surface area (Å²) in [6, 6.07) is 18.1. The van der Waals surface area contributed by atoms with Crippen LogP contribution in [0.2, 0.25) is 5.02 Å². The summed E-state index contributed by atoms with van der Waals surface area (Å²) in [5.41, 5.74) is 2.18. The molecule has 192 valence electrons. The second-order valence-corrected chi connectivity index (χ2v) is 9.41. The van der Waals surface area contributed by atoms with Crippen LogP contribution in [0.25, 0.3) is 6.08 Å². The fraction of sp³-hybridized carbons (Fsp3) is 0.148. The van der Waals surface area contributed by atoms with E-state index >= 15 is 0 Å². The van der Waals surface area contributed by atoms with E-state index < -0.39 is 16.1 Å². The molecular weight excluding hydrogens is 530 g/mol. The SMILES string of the molecule is CCOc1cc(/C=C2/SC(=O)N(Cc3ccccc3C#N)C2=O)cc(Cl)c1OCc1ccc([N+](=O)[O-])cc1. The Morgan fingerprint density at radius 2 is 1.87 bits per heavy atom. The molecule has 4 rings (SSSR count). The Morgan fingerprint density at radius 1 is 1.13 bits per heavy atom. The van der Waals surface area contributed by atoms with E-state index in [9.17, 15) is 25.0 Å². The summed E-state index contributed by atoms with van der Waals surface area (Å²) in [4.78, 5) is 37.3. The molecule has 0 aliphatic carbocycles. The lowest BCUT2D eigenvalue weighted by Gasteiger charge is -2.15. The quantitative estimate of drug-likeness (QED) is 0.172. The van der Waals surface area contributed by atoms with Crippen LogP contribution in [0.1, 0.15) is 29.2 Å². The van der Waals surface area contributed by atoms with Crippen LogP contribution in [-0.2, 0) is 17.9 Å². The predicted octanol–water partition coefficient (Wildman–Crippen LogP) is 6.33. The summed E-state index contributed by atoms with van der Waals surface area (Å²) in [5, 5.41) is 20.0. The number of nitro benzene ring substituents is 1. The molecular formula is C27H20ClN3O6S. The standard InChI is InChI=1S/C27H20ClN3O6S/c1-2-36-23-12-18(11-22(28)25(23)37-16-17-7-9-21(10-8-17)31(34)35)13-24-26(32)30(27(33)38-24)15-20-6-4-3-5-19(20)14-29/h3-13H,2,15-16H2,1H3/b24-13+. The molecule has 3 aromatic carbocycles. The molecule has 0 saturated carbocycles. The van der Waals surface area contributed by atoms with E-state index in [4.69, 9.17) is 21.1 Å². The number of nitro groups is 1. The van der Waals surface area contributed by atoms with Gasteiger partial charge in [-0.05, 0) is 71.8 Å². The van der Waals surface area contributed by atoms with E-state index in [0.29, 0.717) is 34.6 Å². The van der Waals surface area contributed by atoms with Gasteiger partial charge >= 0.3 is 0 Å². The third-order valence-electron chi connectivity index (χ3n) is 5.50. The van der Waals surface area contributed by atoms with Crippen LogP contribution in [0, 0.1) is 21.4 Å². The molecule has 2 amide bonds. The van der Waals surface area contributed by atoms with Crippen LogP contribution >= 0.6 is 23.4 Å². The minimum absolute atomic E-state index is 0.00782. The molecule has 0 radical (unpaired) electrons. The molecule has 1 aliphatic rings. The number of hydrogen-bond acceptors (Lipinski definition) is 8. The second kappa shape index (κ2) is 11.8. The number of hydrogen-bond donors (Lipinski definition) is 0. The molecule has 9 nitrogen and oxygen atoms in total. The van der Waals surface area contributed by atoms with Gasteiger partial charge in [0.05, 0.1) is 39.6 Å². The van der Waals surface area contributed by atoms with E-state index in [0.717, 1.165) is 16.7 Å². The van der Waals surface area contributed by atoms with Gasteiger partial charge < -0.3 is 9.47 Å². The van der Waals surface area contributed by atoms with Gasteiger partial charge in [0.25, 0.3) is 16.8 Å². The van der Waals surface area contributed by atoms with Crippen molar-refractivity contribution in [1.82, 2.24) is 4.90 Å². The largest absolute Gasteiger partial charge is 0.490 e. The number of nitriles is 1. The first-order valence-corrected chi connectivity index (χ1v) is 12.6. The number of amides is 2. The highest BCUT2D eigenvalue weighted by atomic mass is 35.5. The molecule has 11 heteroatoms. The predicted molar refractivity (Wildman–Crippen MR) is 143 cm³/mol. The van der Waals surface area contributed by atoms with Gasteiger partial charge in [-0.2, -0.15) is 5.26 Å². The zero-order chi connectivity index (χ0) is 27.2. The Labute approximate surface area is 227 Å². The number of carbonyl (C=O) groups excluding carboxylic acids is 2. The highest BCUT2D eigenvalue weighted by Crippen LogP contribution is 2.40. The van der Waals surface area contributed by atoms with Crippen molar-refractivity contribution in [3.8, 4) is 17.6 Å². The lowest BCUT2D eigenvalue weighted by molar-refractivity contribution is -0.384. The van der Waals surface area contributed by atoms with Crippen molar-refractivity contribution in [1.29, 1.82) is 5.26 Å². The number of benzene rings is 3. The van der Waals surface area contributed by atoms with Crippen molar-refractivity contribution in [3.05, 3.63) is 103 Å². The van der Waals surface area contributed by atoms with Crippen LogP contribution in [0.3, 0.4) is 0 Å². The lowest BCUT2D eigenvalue weighted by atomic mass is 10.1. The molecule has 0 aromatic heterocycles. The summed E-state index contributed by atoms with van der Waals surface area (Å²) in [5.74, 6) is 0.154. The van der Waals surface area contributed by atoms with Crippen molar-refractivity contribution in [2.24, 2.45) is 0 Å². The summed E-state index contributed by atoms with van der Waals surface area (Å²) in [6.45, 7) is 2.21. The molecule has 0 bridgehead atoms. The van der Waals surface area contributed by atoms with E-state index in [1.54, 1.807) is 61.5 Å². The number of non-ortho nitro benzene ring substituents is 1. The first-order valence-electron chi connectivity index (χ1n) is 11.4. The highest BCUT2D eigenvalue weighted by molar-refractivity contribution is 8.18. The van der Waals surface area contributed by atoms with Gasteiger partial charge in [0, 0.05) is 12.1 Å². The highest BCUT2D eigenvalue weighted by Gasteiger charge is 2.35. The van der Waals surface area contributed by atoms with Gasteiger partial charge in [0.15, 0.2) is 11.5 Å². The molecule has 1 aliphatic heterocycles. The normalized spacial score (nSPS) is 14.0. The third-order valence-corrected chi connectivity index (χ3v) is 6.69. The molecule has 1 heterocycles. The monoisotopic (exact) mass is 549 g/mol. The van der Waals surface area contributed by atoms with Crippen LogP contribution in [0.5, 0.6) is 11.5 Å². The van der Waals surface area contributed by atoms with Crippen molar-refractivity contribution < 1.29 is 24.0 Å². The van der Waals surface area contributed by atoms with Gasteiger partial charge in [-0.1, -0.05) is 29.8 Å². The maximum atomic E-state index is 13.0. The van der Waals surface area contributed by atoms with Crippen LogP contribution in [-0.4, -0.2) is 27.6 Å². The van der Waals surface area contributed by atoms with Crippen molar-refractivity contribution in [2.75, 3.05) is 6.61 Å². The zero-order valence-electron chi connectivity index (χ0n) is 20.0. The third kappa shape index (κ3) is 5.96. The molecule has 3 aromatic rings. The minimum Gasteiger partial charge on any atom is -0.490 e. The minimum atomic E-state index is -0.479. The van der Waals surface area contributed by atoms with E-state index in [-0.39, 0.29) is 34.5 Å². The van der Waals surface area contributed by atoms with Crippen molar-refractivity contribution >= 4 is 46.3 Å². The maximum absolute atomic E-state index is 13.0. The van der Waals surface area contributed by atoms with E-state index in [1.807, 2.05) is 0 Å². The number of rotatable bonds is 9. The summed E-state index contributed by atoms with van der Waals surface area (Å²) < 4.78 is 11.6. The van der Waals surface area contributed by atoms with Crippen LogP contribution in [0.4, 0.5) is 10.5 Å². The number of nitrogens with zero attached hydrogens (tertiary/aromatic N) is 3. The average Bonchev–Trinajstić information content (AvgIpc) is 3.16. The summed E-state index contributed by atoms with van der Waals surface area (Å²) in [7, 11) is 0. The average molecular weight is 550 g/mol. The number of ether oxygens (including phenoxy) is 2. The summed E-state index contributed by atoms with van der Waals surface area (Å²) >= 11 is 7.30. The van der Waals surface area contributed by atoms with Gasteiger partial charge in [-0.15, -0.1) is 0 Å². The van der Waals surface area contributed by atoms with Gasteiger partial charge in [0.1, 0.15) is 6.61 Å². The zero-order valence-corrected chi connectivity index (χ0v) is 21.6. The molecule has 0 atom stereocenters. The lowest BCUT2D eigenvalue weighted by Crippen LogP contribution is -2.27. The van der Waals surface area contributed by atoms with Crippen LogP contribution < -0.4 is 9.47 Å². The fourth-order valence-electron chi connectivity index (χ4n) is 3.67. The fourth-order valence-corrected chi connectivity index (χ4v) is 4.78. The number of halogens is 1. The topological polar surface area (TPSA) is 123 Å². The molecule has 1 fully saturated rings. The Kier molecular flexibility index (Phi) is 8.31. The molecule has 1 saturated heterocycles. The Morgan fingerprint density at radius 3 is 2.55 bits per heavy atom. The van der Waals surface area contributed by atoms with Gasteiger partial charge in [-0.3, -0.25) is 24.6 Å². The Balaban J connectivity index is 1.54. The molecule has 38 heavy (non-hydrogen) atoms. The van der Waals surface area contributed by atoms with Crippen LogP contribution in [0.15, 0.2) is 65.6 Å². The molecule has 0 unspecified atom stereocenters. The summed E-state index contributed by atoms with van der Waals surface area (Å²) in [6.07, 6.45) is 1.55. The van der Waals surface area contributed by atoms with Gasteiger partial charge in [0.2, 0.25) is 0 Å². The second-order valence-electron chi connectivity index (χ2n) is 8.01. The Hall–Kier alpha value is -4.33.